The van der Waals surface area contributed by atoms with Crippen molar-refractivity contribution in [3.8, 4) is 0 Å². The summed E-state index contributed by atoms with van der Waals surface area (Å²) in [7, 11) is 0. The molecule has 3 amide bonds. The van der Waals surface area contributed by atoms with Crippen molar-refractivity contribution >= 4 is 29.3 Å². The van der Waals surface area contributed by atoms with Gasteiger partial charge in [0.1, 0.15) is 0 Å². The maximum Gasteiger partial charge on any atom is 0.319 e. The second kappa shape index (κ2) is 9.39. The lowest BCUT2D eigenvalue weighted by molar-refractivity contribution is -0.146. The maximum atomic E-state index is 12.5. The van der Waals surface area contributed by atoms with E-state index in [4.69, 9.17) is 0 Å². The third-order valence-electron chi connectivity index (χ3n) is 5.44. The van der Waals surface area contributed by atoms with Crippen molar-refractivity contribution in [1.82, 2.24) is 5.32 Å². The fourth-order valence-electron chi connectivity index (χ4n) is 3.85. The van der Waals surface area contributed by atoms with Crippen LogP contribution in [0.1, 0.15) is 44.9 Å². The highest BCUT2D eigenvalue weighted by Crippen LogP contribution is 2.27. The Hall–Kier alpha value is -2.83. The molecule has 2 atom stereocenters. The maximum absolute atomic E-state index is 12.5. The number of carboxylic acid groups (broad SMARTS) is 1. The van der Waals surface area contributed by atoms with Gasteiger partial charge in [-0.2, -0.15) is 0 Å². The molecule has 0 aromatic heterocycles. The van der Waals surface area contributed by atoms with Crippen molar-refractivity contribution in [1.29, 1.82) is 0 Å². The van der Waals surface area contributed by atoms with Gasteiger partial charge >= 0.3 is 12.0 Å². The van der Waals surface area contributed by atoms with Gasteiger partial charge in [0.2, 0.25) is 5.91 Å². The van der Waals surface area contributed by atoms with Gasteiger partial charge in [0.25, 0.3) is 0 Å². The summed E-state index contributed by atoms with van der Waals surface area (Å²) in [6, 6.07) is 6.84. The third kappa shape index (κ3) is 5.34. The minimum atomic E-state index is -0.951. The van der Waals surface area contributed by atoms with Crippen LogP contribution in [0.4, 0.5) is 16.2 Å². The smallest absolute Gasteiger partial charge is 0.319 e. The van der Waals surface area contributed by atoms with Crippen molar-refractivity contribution < 1.29 is 19.5 Å². The molecule has 7 heteroatoms. The van der Waals surface area contributed by atoms with E-state index >= 15 is 0 Å². The zero-order chi connectivity index (χ0) is 19.9. The number of carbonyl (C=O) groups is 3. The first-order valence-corrected chi connectivity index (χ1v) is 9.89. The summed E-state index contributed by atoms with van der Waals surface area (Å²) < 4.78 is 0. The van der Waals surface area contributed by atoms with Crippen molar-refractivity contribution in [3.63, 3.8) is 0 Å². The lowest BCUT2D eigenvalue weighted by Crippen LogP contribution is -2.39. The van der Waals surface area contributed by atoms with Gasteiger partial charge in [0.05, 0.1) is 11.8 Å². The molecule has 1 saturated carbocycles. The van der Waals surface area contributed by atoms with Crippen LogP contribution in [0, 0.1) is 11.8 Å². The zero-order valence-corrected chi connectivity index (χ0v) is 15.8. The van der Waals surface area contributed by atoms with Gasteiger partial charge < -0.3 is 21.1 Å². The van der Waals surface area contributed by atoms with Gasteiger partial charge in [-0.3, -0.25) is 9.59 Å². The SMILES string of the molecule is O=C(Nc1ccc(NC(=O)[C@@H]2CC=CC[C@@H]2C(=O)O)cc1)NC1CCCCC1. The summed E-state index contributed by atoms with van der Waals surface area (Å²) >= 11 is 0. The second-order valence-corrected chi connectivity index (χ2v) is 7.49. The molecule has 7 nitrogen and oxygen atoms in total. The minimum Gasteiger partial charge on any atom is -0.481 e. The highest BCUT2D eigenvalue weighted by atomic mass is 16.4. The predicted molar refractivity (Wildman–Crippen MR) is 107 cm³/mol. The topological polar surface area (TPSA) is 108 Å². The van der Waals surface area contributed by atoms with E-state index in [1.165, 1.54) is 6.42 Å². The van der Waals surface area contributed by atoms with Crippen LogP contribution >= 0.6 is 0 Å². The number of carboxylic acids is 1. The molecule has 1 aromatic rings. The van der Waals surface area contributed by atoms with Crippen LogP contribution in [0.15, 0.2) is 36.4 Å². The monoisotopic (exact) mass is 385 g/mol. The molecule has 0 heterocycles. The molecule has 4 N–H and O–H groups in total. The standard InChI is InChI=1S/C21H27N3O4/c25-19(17-8-4-5-9-18(17)20(26)27)22-15-10-12-16(13-11-15)24-21(28)23-14-6-2-1-3-7-14/h4-5,10-14,17-18H,1-3,6-9H2,(H,22,25)(H,26,27)(H2,23,24,28)/t17-,18+/m1/s1. The van der Waals surface area contributed by atoms with E-state index < -0.39 is 17.8 Å². The fourth-order valence-corrected chi connectivity index (χ4v) is 3.85. The highest BCUT2D eigenvalue weighted by Gasteiger charge is 2.33. The molecule has 0 bridgehead atoms. The summed E-state index contributed by atoms with van der Waals surface area (Å²) in [5.74, 6) is -2.53. The normalized spacial score (nSPS) is 22.3. The van der Waals surface area contributed by atoms with Crippen LogP contribution in [0.2, 0.25) is 0 Å². The lowest BCUT2D eigenvalue weighted by Gasteiger charge is -2.24. The molecular weight excluding hydrogens is 358 g/mol. The number of benzene rings is 1. The molecule has 1 aromatic carbocycles. The minimum absolute atomic E-state index is 0.220. The number of hydrogen-bond donors (Lipinski definition) is 4. The number of nitrogens with one attached hydrogen (secondary N) is 3. The molecule has 150 valence electrons. The molecule has 2 aliphatic rings. The Kier molecular flexibility index (Phi) is 6.68. The Balaban J connectivity index is 1.52. The summed E-state index contributed by atoms with van der Waals surface area (Å²) in [4.78, 5) is 35.9. The highest BCUT2D eigenvalue weighted by molar-refractivity contribution is 5.96. The van der Waals surface area contributed by atoms with E-state index in [2.05, 4.69) is 16.0 Å². The second-order valence-electron chi connectivity index (χ2n) is 7.49. The van der Waals surface area contributed by atoms with Crippen LogP contribution in [0.25, 0.3) is 0 Å². The number of aliphatic carboxylic acids is 1. The van der Waals surface area contributed by atoms with Gasteiger partial charge in [0, 0.05) is 17.4 Å². The largest absolute Gasteiger partial charge is 0.481 e. The van der Waals surface area contributed by atoms with Crippen LogP contribution in [-0.2, 0) is 9.59 Å². The zero-order valence-electron chi connectivity index (χ0n) is 15.8. The Morgan fingerprint density at radius 2 is 1.39 bits per heavy atom. The average Bonchev–Trinajstić information content (AvgIpc) is 2.70. The van der Waals surface area contributed by atoms with Crippen molar-refractivity contribution in [3.05, 3.63) is 36.4 Å². The van der Waals surface area contributed by atoms with E-state index in [0.717, 1.165) is 25.7 Å². The van der Waals surface area contributed by atoms with E-state index in [-0.39, 0.29) is 18.0 Å². The van der Waals surface area contributed by atoms with Crippen LogP contribution < -0.4 is 16.0 Å². The first-order valence-electron chi connectivity index (χ1n) is 9.89. The van der Waals surface area contributed by atoms with Gasteiger partial charge in [0.15, 0.2) is 0 Å². The molecule has 3 rings (SSSR count). The third-order valence-corrected chi connectivity index (χ3v) is 5.44. The summed E-state index contributed by atoms with van der Waals surface area (Å²) in [6.07, 6.45) is 10.0. The summed E-state index contributed by atoms with van der Waals surface area (Å²) in [5, 5.41) is 17.9. The Bertz CT molecular complexity index is 739. The van der Waals surface area contributed by atoms with E-state index in [1.807, 2.05) is 6.08 Å². The van der Waals surface area contributed by atoms with Crippen molar-refractivity contribution in [2.75, 3.05) is 10.6 Å². The van der Waals surface area contributed by atoms with Gasteiger partial charge in [-0.1, -0.05) is 31.4 Å². The Labute approximate surface area is 164 Å². The number of allylic oxidation sites excluding steroid dienone is 2. The first-order chi connectivity index (χ1) is 13.5. The number of amides is 3. The molecule has 28 heavy (non-hydrogen) atoms. The molecule has 1 fully saturated rings. The number of urea groups is 1. The number of carbonyl (C=O) groups excluding carboxylic acids is 2. The van der Waals surface area contributed by atoms with E-state index in [0.29, 0.717) is 24.2 Å². The summed E-state index contributed by atoms with van der Waals surface area (Å²) in [5.41, 5.74) is 1.21. The van der Waals surface area contributed by atoms with Gasteiger partial charge in [-0.25, -0.2) is 4.79 Å². The average molecular weight is 385 g/mol. The molecule has 0 unspecified atom stereocenters. The van der Waals surface area contributed by atoms with Crippen LogP contribution in [-0.4, -0.2) is 29.1 Å². The van der Waals surface area contributed by atoms with Crippen LogP contribution in [0.5, 0.6) is 0 Å². The molecule has 0 radical (unpaired) electrons. The van der Waals surface area contributed by atoms with Crippen LogP contribution in [0.3, 0.4) is 0 Å². The number of anilines is 2. The van der Waals surface area contributed by atoms with Gasteiger partial charge in [-0.05, 0) is 49.9 Å². The van der Waals surface area contributed by atoms with Crippen molar-refractivity contribution in [2.24, 2.45) is 11.8 Å². The Morgan fingerprint density at radius 1 is 0.821 bits per heavy atom. The molecule has 2 aliphatic carbocycles. The summed E-state index contributed by atoms with van der Waals surface area (Å²) in [6.45, 7) is 0. The lowest BCUT2D eigenvalue weighted by atomic mass is 9.82. The molecule has 0 spiro atoms. The first kappa shape index (κ1) is 19.9. The quantitative estimate of drug-likeness (QED) is 0.579. The molecular formula is C21H27N3O4. The molecule has 0 saturated heterocycles. The van der Waals surface area contributed by atoms with E-state index in [1.54, 1.807) is 30.3 Å². The fraction of sp³-hybridized carbons (Fsp3) is 0.476. The van der Waals surface area contributed by atoms with E-state index in [9.17, 15) is 19.5 Å². The van der Waals surface area contributed by atoms with Gasteiger partial charge in [-0.15, -0.1) is 0 Å². The molecule has 0 aliphatic heterocycles. The number of hydrogen-bond acceptors (Lipinski definition) is 3. The van der Waals surface area contributed by atoms with Crippen molar-refractivity contribution in [2.45, 2.75) is 51.0 Å². The predicted octanol–water partition coefficient (Wildman–Crippen LogP) is 3.75. The number of rotatable bonds is 5. The Morgan fingerprint density at radius 3 is 2.00 bits per heavy atom.